The fourth-order valence-electron chi connectivity index (χ4n) is 3.13. The first-order chi connectivity index (χ1) is 13.4. The summed E-state index contributed by atoms with van der Waals surface area (Å²) in [4.78, 5) is 12.8. The number of hydrogen-bond donors (Lipinski definition) is 1. The van der Waals surface area contributed by atoms with Gasteiger partial charge in [0, 0.05) is 16.3 Å². The second-order valence-electron chi connectivity index (χ2n) is 6.71. The van der Waals surface area contributed by atoms with Crippen LogP contribution in [0.1, 0.15) is 27.3 Å². The minimum absolute atomic E-state index is 0.234. The van der Waals surface area contributed by atoms with Crippen molar-refractivity contribution in [3.8, 4) is 11.1 Å². The van der Waals surface area contributed by atoms with Crippen LogP contribution in [0.3, 0.4) is 0 Å². The highest BCUT2D eigenvalue weighted by atomic mass is 35.5. The number of fused-ring (bicyclic) bond motifs is 1. The molecule has 28 heavy (non-hydrogen) atoms. The molecule has 1 amide bonds. The van der Waals surface area contributed by atoms with Gasteiger partial charge < -0.3 is 5.32 Å². The molecule has 0 unspecified atom stereocenters. The zero-order chi connectivity index (χ0) is 19.8. The standard InChI is InChI=1S/C21H18ClN5O/c1-12-4-9-18(13(2)10-12)24-21(28)19-14(3)27-20(26-25-19)17(11-23-27)15-5-7-16(22)8-6-15/h4-11H,1-3H3,(H,24,28). The summed E-state index contributed by atoms with van der Waals surface area (Å²) in [6.07, 6.45) is 1.71. The molecule has 0 fully saturated rings. The Hall–Kier alpha value is -3.25. The maximum absolute atomic E-state index is 12.8. The lowest BCUT2D eigenvalue weighted by molar-refractivity contribution is 0.102. The summed E-state index contributed by atoms with van der Waals surface area (Å²) >= 11 is 5.97. The largest absolute Gasteiger partial charge is 0.320 e. The Morgan fingerprint density at radius 3 is 2.50 bits per heavy atom. The highest BCUT2D eigenvalue weighted by Crippen LogP contribution is 2.25. The molecule has 4 aromatic rings. The molecule has 0 aliphatic carbocycles. The Labute approximate surface area is 167 Å². The molecule has 140 valence electrons. The Bertz CT molecular complexity index is 1200. The van der Waals surface area contributed by atoms with Gasteiger partial charge in [-0.1, -0.05) is 41.4 Å². The van der Waals surface area contributed by atoms with Crippen molar-refractivity contribution >= 4 is 28.8 Å². The first-order valence-corrected chi connectivity index (χ1v) is 9.17. The molecule has 1 N–H and O–H groups in total. The molecule has 4 rings (SSSR count). The van der Waals surface area contributed by atoms with Crippen LogP contribution >= 0.6 is 11.6 Å². The number of nitrogens with zero attached hydrogens (tertiary/aromatic N) is 4. The summed E-state index contributed by atoms with van der Waals surface area (Å²) in [7, 11) is 0. The minimum atomic E-state index is -0.317. The van der Waals surface area contributed by atoms with Crippen LogP contribution in [0.15, 0.2) is 48.7 Å². The van der Waals surface area contributed by atoms with Crippen molar-refractivity contribution < 1.29 is 4.79 Å². The smallest absolute Gasteiger partial charge is 0.278 e. The van der Waals surface area contributed by atoms with E-state index in [9.17, 15) is 4.79 Å². The molecule has 0 aliphatic heterocycles. The lowest BCUT2D eigenvalue weighted by Crippen LogP contribution is -2.19. The van der Waals surface area contributed by atoms with E-state index in [-0.39, 0.29) is 11.6 Å². The number of rotatable bonds is 3. The van der Waals surface area contributed by atoms with Gasteiger partial charge in [-0.05, 0) is 50.1 Å². The first kappa shape index (κ1) is 18.1. The maximum Gasteiger partial charge on any atom is 0.278 e. The summed E-state index contributed by atoms with van der Waals surface area (Å²) in [5.74, 6) is -0.317. The van der Waals surface area contributed by atoms with Crippen LogP contribution in [0.2, 0.25) is 5.02 Å². The fourth-order valence-corrected chi connectivity index (χ4v) is 3.26. The Balaban J connectivity index is 1.70. The topological polar surface area (TPSA) is 72.2 Å². The third-order valence-electron chi connectivity index (χ3n) is 4.65. The highest BCUT2D eigenvalue weighted by Gasteiger charge is 2.18. The van der Waals surface area contributed by atoms with E-state index >= 15 is 0 Å². The fraction of sp³-hybridized carbons (Fsp3) is 0.143. The van der Waals surface area contributed by atoms with Crippen LogP contribution in [-0.2, 0) is 0 Å². The van der Waals surface area contributed by atoms with E-state index in [1.807, 2.05) is 56.3 Å². The zero-order valence-electron chi connectivity index (χ0n) is 15.7. The zero-order valence-corrected chi connectivity index (χ0v) is 16.4. The Morgan fingerprint density at radius 2 is 1.79 bits per heavy atom. The number of amides is 1. The van der Waals surface area contributed by atoms with Crippen LogP contribution in [-0.4, -0.2) is 25.7 Å². The van der Waals surface area contributed by atoms with Crippen molar-refractivity contribution in [1.82, 2.24) is 19.8 Å². The number of aromatic nitrogens is 4. The van der Waals surface area contributed by atoms with Gasteiger partial charge in [0.05, 0.1) is 11.9 Å². The molecule has 0 atom stereocenters. The van der Waals surface area contributed by atoms with E-state index < -0.39 is 0 Å². The molecule has 0 bridgehead atoms. The second-order valence-corrected chi connectivity index (χ2v) is 7.14. The first-order valence-electron chi connectivity index (χ1n) is 8.79. The van der Waals surface area contributed by atoms with E-state index in [1.165, 1.54) is 0 Å². The van der Waals surface area contributed by atoms with Crippen LogP contribution in [0.5, 0.6) is 0 Å². The second kappa shape index (κ2) is 7.05. The molecule has 7 heteroatoms. The summed E-state index contributed by atoms with van der Waals surface area (Å²) in [6, 6.07) is 13.3. The molecule has 2 aromatic carbocycles. The highest BCUT2D eigenvalue weighted by molar-refractivity contribution is 6.30. The third kappa shape index (κ3) is 3.23. The summed E-state index contributed by atoms with van der Waals surface area (Å²) in [5.41, 5.74) is 6.07. The lowest BCUT2D eigenvalue weighted by Gasteiger charge is -2.10. The Morgan fingerprint density at radius 1 is 1.04 bits per heavy atom. The van der Waals surface area contributed by atoms with E-state index in [4.69, 9.17) is 11.6 Å². The summed E-state index contributed by atoms with van der Waals surface area (Å²) < 4.78 is 1.63. The monoisotopic (exact) mass is 391 g/mol. The number of anilines is 1. The predicted octanol–water partition coefficient (Wildman–Crippen LogP) is 4.62. The van der Waals surface area contributed by atoms with E-state index in [0.717, 1.165) is 27.9 Å². The molecule has 0 aliphatic rings. The molecule has 0 saturated heterocycles. The van der Waals surface area contributed by atoms with Crippen molar-refractivity contribution in [2.24, 2.45) is 0 Å². The van der Waals surface area contributed by atoms with Gasteiger partial charge in [-0.15, -0.1) is 10.2 Å². The third-order valence-corrected chi connectivity index (χ3v) is 4.90. The lowest BCUT2D eigenvalue weighted by atomic mass is 10.1. The minimum Gasteiger partial charge on any atom is -0.320 e. The number of hydrogen-bond acceptors (Lipinski definition) is 4. The number of aryl methyl sites for hydroxylation is 3. The van der Waals surface area contributed by atoms with Gasteiger partial charge in [0.25, 0.3) is 5.91 Å². The molecule has 6 nitrogen and oxygen atoms in total. The molecular weight excluding hydrogens is 374 g/mol. The number of carbonyl (C=O) groups excluding carboxylic acids is 1. The SMILES string of the molecule is Cc1ccc(NC(=O)c2nnc3c(-c4ccc(Cl)cc4)cnn3c2C)c(C)c1. The average Bonchev–Trinajstić information content (AvgIpc) is 3.10. The van der Waals surface area contributed by atoms with Crippen molar-refractivity contribution in [2.75, 3.05) is 5.32 Å². The van der Waals surface area contributed by atoms with Gasteiger partial charge in [0.1, 0.15) is 0 Å². The number of benzene rings is 2. The Kier molecular flexibility index (Phi) is 4.57. The molecular formula is C21H18ClN5O. The van der Waals surface area contributed by atoms with Crippen LogP contribution in [0.25, 0.3) is 16.8 Å². The maximum atomic E-state index is 12.8. The van der Waals surface area contributed by atoms with Crippen LogP contribution in [0.4, 0.5) is 5.69 Å². The molecule has 0 saturated carbocycles. The normalized spacial score (nSPS) is 11.0. The van der Waals surface area contributed by atoms with E-state index in [1.54, 1.807) is 17.6 Å². The van der Waals surface area contributed by atoms with E-state index in [2.05, 4.69) is 20.6 Å². The molecule has 0 radical (unpaired) electrons. The molecule has 0 spiro atoms. The van der Waals surface area contributed by atoms with Gasteiger partial charge in [-0.2, -0.15) is 5.10 Å². The van der Waals surface area contributed by atoms with Crippen molar-refractivity contribution in [3.63, 3.8) is 0 Å². The van der Waals surface area contributed by atoms with Crippen LogP contribution in [0, 0.1) is 20.8 Å². The number of carbonyl (C=O) groups is 1. The van der Waals surface area contributed by atoms with Crippen molar-refractivity contribution in [3.05, 3.63) is 76.2 Å². The van der Waals surface area contributed by atoms with Crippen LogP contribution < -0.4 is 5.32 Å². The summed E-state index contributed by atoms with van der Waals surface area (Å²) in [6.45, 7) is 5.77. The van der Waals surface area contributed by atoms with E-state index in [0.29, 0.717) is 16.4 Å². The molecule has 2 aromatic heterocycles. The van der Waals surface area contributed by atoms with Crippen molar-refractivity contribution in [1.29, 1.82) is 0 Å². The number of halogens is 1. The van der Waals surface area contributed by atoms with Gasteiger partial charge in [0.15, 0.2) is 11.3 Å². The van der Waals surface area contributed by atoms with Crippen molar-refractivity contribution in [2.45, 2.75) is 20.8 Å². The summed E-state index contributed by atoms with van der Waals surface area (Å²) in [5, 5.41) is 16.4. The van der Waals surface area contributed by atoms with Gasteiger partial charge in [-0.3, -0.25) is 4.79 Å². The van der Waals surface area contributed by atoms with Gasteiger partial charge in [0.2, 0.25) is 0 Å². The predicted molar refractivity (Wildman–Crippen MR) is 110 cm³/mol. The quantitative estimate of drug-likeness (QED) is 0.553. The van der Waals surface area contributed by atoms with Gasteiger partial charge in [-0.25, -0.2) is 4.52 Å². The van der Waals surface area contributed by atoms with Gasteiger partial charge >= 0.3 is 0 Å². The molecule has 2 heterocycles. The average molecular weight is 392 g/mol. The number of nitrogens with one attached hydrogen (secondary N) is 1.